The zero-order chi connectivity index (χ0) is 16.7. The van der Waals surface area contributed by atoms with Crippen molar-refractivity contribution in [2.45, 2.75) is 19.9 Å². The van der Waals surface area contributed by atoms with Gasteiger partial charge in [-0.25, -0.2) is 4.98 Å². The van der Waals surface area contributed by atoms with Gasteiger partial charge in [-0.1, -0.05) is 11.6 Å². The highest BCUT2D eigenvalue weighted by Gasteiger charge is 2.25. The summed E-state index contributed by atoms with van der Waals surface area (Å²) in [7, 11) is 0. The average molecular weight is 341 g/mol. The van der Waals surface area contributed by atoms with Crippen LogP contribution in [0.4, 0.5) is 5.82 Å². The van der Waals surface area contributed by atoms with Crippen LogP contribution in [0.15, 0.2) is 18.3 Å². The summed E-state index contributed by atoms with van der Waals surface area (Å²) in [6.45, 7) is 10.1. The number of carbonyl (C=O) groups excluding carboxylic acids is 1. The molecule has 1 amide bonds. The van der Waals surface area contributed by atoms with Crippen LogP contribution in [0.1, 0.15) is 13.8 Å². The van der Waals surface area contributed by atoms with Crippen LogP contribution in [-0.2, 0) is 9.53 Å². The lowest BCUT2D eigenvalue weighted by molar-refractivity contribution is -0.121. The number of ether oxygens (including phenoxy) is 1. The van der Waals surface area contributed by atoms with Gasteiger partial charge in [-0.05, 0) is 26.0 Å². The minimum atomic E-state index is -0.179. The second-order valence-electron chi connectivity index (χ2n) is 5.60. The Balaban J connectivity index is 1.76. The van der Waals surface area contributed by atoms with Gasteiger partial charge in [0.1, 0.15) is 5.82 Å². The molecule has 128 valence electrons. The van der Waals surface area contributed by atoms with Gasteiger partial charge in [-0.15, -0.1) is 0 Å². The molecule has 1 aliphatic heterocycles. The van der Waals surface area contributed by atoms with Crippen molar-refractivity contribution >= 4 is 23.3 Å². The van der Waals surface area contributed by atoms with E-state index in [-0.39, 0.29) is 11.9 Å². The number of pyridine rings is 1. The molecule has 1 saturated heterocycles. The zero-order valence-electron chi connectivity index (χ0n) is 13.8. The third-order valence-corrected chi connectivity index (χ3v) is 4.29. The van der Waals surface area contributed by atoms with Gasteiger partial charge < -0.3 is 10.1 Å². The van der Waals surface area contributed by atoms with E-state index in [9.17, 15) is 4.79 Å². The summed E-state index contributed by atoms with van der Waals surface area (Å²) in [5.41, 5.74) is 0. The predicted molar refractivity (Wildman–Crippen MR) is 91.8 cm³/mol. The lowest BCUT2D eigenvalue weighted by Gasteiger charge is -2.37. The molecule has 7 heteroatoms. The minimum Gasteiger partial charge on any atom is -0.380 e. The summed E-state index contributed by atoms with van der Waals surface area (Å²) in [5.74, 6) is 0.490. The van der Waals surface area contributed by atoms with Crippen molar-refractivity contribution in [1.82, 2.24) is 14.8 Å². The van der Waals surface area contributed by atoms with E-state index in [1.165, 1.54) is 6.20 Å². The van der Waals surface area contributed by atoms with Crippen molar-refractivity contribution in [3.05, 3.63) is 23.4 Å². The van der Waals surface area contributed by atoms with Gasteiger partial charge in [0.15, 0.2) is 0 Å². The van der Waals surface area contributed by atoms with E-state index in [2.05, 4.69) is 20.1 Å². The summed E-state index contributed by atoms with van der Waals surface area (Å²) >= 11 is 5.79. The molecule has 2 heterocycles. The van der Waals surface area contributed by atoms with Crippen molar-refractivity contribution in [2.24, 2.45) is 0 Å². The molecule has 0 bridgehead atoms. The first-order chi connectivity index (χ1) is 11.1. The zero-order valence-corrected chi connectivity index (χ0v) is 14.6. The Hall–Kier alpha value is -1.21. The second-order valence-corrected chi connectivity index (χ2v) is 6.04. The number of nitrogens with one attached hydrogen (secondary N) is 1. The summed E-state index contributed by atoms with van der Waals surface area (Å²) in [6, 6.07) is 3.24. The second kappa shape index (κ2) is 9.17. The highest BCUT2D eigenvalue weighted by atomic mass is 35.5. The monoisotopic (exact) mass is 340 g/mol. The molecule has 1 atom stereocenters. The Morgan fingerprint density at radius 2 is 2.13 bits per heavy atom. The largest absolute Gasteiger partial charge is 0.380 e. The normalized spacial score (nSPS) is 17.9. The van der Waals surface area contributed by atoms with Crippen molar-refractivity contribution in [3.63, 3.8) is 0 Å². The van der Waals surface area contributed by atoms with Gasteiger partial charge in [0.05, 0.1) is 17.7 Å². The van der Waals surface area contributed by atoms with Gasteiger partial charge in [0.2, 0.25) is 5.91 Å². The first-order valence-electron chi connectivity index (χ1n) is 8.06. The Kier molecular flexibility index (Phi) is 7.23. The van der Waals surface area contributed by atoms with Crippen LogP contribution in [-0.4, -0.2) is 72.7 Å². The maximum atomic E-state index is 12.3. The molecule has 1 N–H and O–H groups in total. The first kappa shape index (κ1) is 18.1. The fraction of sp³-hybridized carbons (Fsp3) is 0.625. The van der Waals surface area contributed by atoms with Crippen LogP contribution in [0.5, 0.6) is 0 Å². The maximum Gasteiger partial charge on any atom is 0.242 e. The Bertz CT molecular complexity index is 489. The first-order valence-corrected chi connectivity index (χ1v) is 8.44. The van der Waals surface area contributed by atoms with Crippen molar-refractivity contribution in [3.8, 4) is 0 Å². The maximum absolute atomic E-state index is 12.3. The molecule has 1 aromatic heterocycles. The molecule has 0 saturated carbocycles. The average Bonchev–Trinajstić information content (AvgIpc) is 2.57. The van der Waals surface area contributed by atoms with Gasteiger partial charge in [-0.2, -0.15) is 0 Å². The molecule has 0 radical (unpaired) electrons. The lowest BCUT2D eigenvalue weighted by atomic mass is 10.2. The van der Waals surface area contributed by atoms with Crippen LogP contribution in [0, 0.1) is 0 Å². The number of amides is 1. The highest BCUT2D eigenvalue weighted by molar-refractivity contribution is 6.30. The van der Waals surface area contributed by atoms with E-state index >= 15 is 0 Å². The molecule has 6 nitrogen and oxygen atoms in total. The van der Waals surface area contributed by atoms with Gasteiger partial charge in [0, 0.05) is 45.5 Å². The summed E-state index contributed by atoms with van der Waals surface area (Å²) in [4.78, 5) is 21.0. The Morgan fingerprint density at radius 3 is 2.74 bits per heavy atom. The third-order valence-electron chi connectivity index (χ3n) is 4.07. The van der Waals surface area contributed by atoms with E-state index in [4.69, 9.17) is 16.3 Å². The predicted octanol–water partition coefficient (Wildman–Crippen LogP) is 1.72. The number of piperazine rings is 1. The molecule has 0 spiro atoms. The highest BCUT2D eigenvalue weighted by Crippen LogP contribution is 2.12. The number of anilines is 1. The number of nitrogens with zero attached hydrogens (tertiary/aromatic N) is 3. The molecule has 0 aromatic carbocycles. The standard InChI is InChI=1S/C16H25ClN4O2/c1-3-23-11-10-20-6-8-21(9-7-20)13(2)16(22)19-15-5-4-14(17)12-18-15/h4-5,12-13H,3,6-11H2,1-2H3,(H,18,19,22). The van der Waals surface area contributed by atoms with E-state index in [0.717, 1.165) is 45.9 Å². The quantitative estimate of drug-likeness (QED) is 0.766. The Morgan fingerprint density at radius 1 is 1.39 bits per heavy atom. The molecule has 23 heavy (non-hydrogen) atoms. The van der Waals surface area contributed by atoms with E-state index in [1.807, 2.05) is 13.8 Å². The van der Waals surface area contributed by atoms with Crippen LogP contribution >= 0.6 is 11.6 Å². The van der Waals surface area contributed by atoms with Crippen molar-refractivity contribution < 1.29 is 9.53 Å². The van der Waals surface area contributed by atoms with E-state index in [0.29, 0.717) is 10.8 Å². The van der Waals surface area contributed by atoms with E-state index < -0.39 is 0 Å². The lowest BCUT2D eigenvalue weighted by Crippen LogP contribution is -2.53. The van der Waals surface area contributed by atoms with E-state index in [1.54, 1.807) is 12.1 Å². The van der Waals surface area contributed by atoms with Gasteiger partial charge in [0.25, 0.3) is 0 Å². The number of rotatable bonds is 7. The number of hydrogen-bond acceptors (Lipinski definition) is 5. The fourth-order valence-corrected chi connectivity index (χ4v) is 2.67. The molecule has 1 aromatic rings. The Labute approximate surface area is 142 Å². The number of carbonyl (C=O) groups is 1. The topological polar surface area (TPSA) is 57.7 Å². The summed E-state index contributed by atoms with van der Waals surface area (Å²) in [6.07, 6.45) is 1.53. The van der Waals surface area contributed by atoms with Crippen LogP contribution in [0.2, 0.25) is 5.02 Å². The smallest absolute Gasteiger partial charge is 0.242 e. The van der Waals surface area contributed by atoms with Crippen LogP contribution in [0.25, 0.3) is 0 Å². The van der Waals surface area contributed by atoms with Crippen LogP contribution in [0.3, 0.4) is 0 Å². The SMILES string of the molecule is CCOCCN1CCN(C(C)C(=O)Nc2ccc(Cl)cn2)CC1. The van der Waals surface area contributed by atoms with Crippen molar-refractivity contribution in [2.75, 3.05) is 51.3 Å². The number of hydrogen-bond donors (Lipinski definition) is 1. The summed E-state index contributed by atoms with van der Waals surface area (Å²) in [5, 5.41) is 3.39. The van der Waals surface area contributed by atoms with Gasteiger partial charge >= 0.3 is 0 Å². The number of aromatic nitrogens is 1. The molecular weight excluding hydrogens is 316 g/mol. The fourth-order valence-electron chi connectivity index (χ4n) is 2.56. The van der Waals surface area contributed by atoms with Crippen molar-refractivity contribution in [1.29, 1.82) is 0 Å². The summed E-state index contributed by atoms with van der Waals surface area (Å²) < 4.78 is 5.39. The number of halogens is 1. The third kappa shape index (κ3) is 5.73. The molecule has 2 rings (SSSR count). The molecule has 0 aliphatic carbocycles. The molecule has 1 fully saturated rings. The van der Waals surface area contributed by atoms with Crippen LogP contribution < -0.4 is 5.32 Å². The molecular formula is C16H25ClN4O2. The molecule has 1 unspecified atom stereocenters. The minimum absolute atomic E-state index is 0.0393. The van der Waals surface area contributed by atoms with Gasteiger partial charge in [-0.3, -0.25) is 14.6 Å². The molecule has 1 aliphatic rings.